The standard InChI is InChI=1S/C19H14F3N5OS/c1-10-6-12(7-15-16(23)27-18(25-17(15)28)29-9-24-27)11(2)26(10)14-5-3-4-13(8-14)19(20,21)22/h3-9,23H,1-2H3. The fraction of sp³-hybridized carbons (Fsp3) is 0.158. The van der Waals surface area contributed by atoms with Gasteiger partial charge in [-0.05, 0) is 61.5 Å². The topological polar surface area (TPSA) is 73.8 Å². The second-order valence-corrected chi connectivity index (χ2v) is 7.28. The maximum Gasteiger partial charge on any atom is 0.416 e. The molecule has 0 saturated carbocycles. The molecule has 1 aromatic heterocycles. The van der Waals surface area contributed by atoms with E-state index in [1.54, 1.807) is 30.5 Å². The Morgan fingerprint density at radius 1 is 1.21 bits per heavy atom. The minimum atomic E-state index is -4.44. The number of fused-ring (bicyclic) bond motifs is 1. The number of hydrogen-bond donors (Lipinski definition) is 1. The monoisotopic (exact) mass is 417 g/mol. The molecule has 6 nitrogen and oxygen atoms in total. The molecule has 0 spiro atoms. The van der Waals surface area contributed by atoms with Crippen LogP contribution in [0.4, 0.5) is 13.2 Å². The number of nitrogens with zero attached hydrogens (tertiary/aromatic N) is 4. The van der Waals surface area contributed by atoms with Crippen molar-refractivity contribution in [3.8, 4) is 5.69 Å². The quantitative estimate of drug-likeness (QED) is 0.738. The van der Waals surface area contributed by atoms with Crippen LogP contribution in [0.15, 0.2) is 46.0 Å². The number of aliphatic imine (C=N–C) groups is 1. The van der Waals surface area contributed by atoms with E-state index in [0.29, 0.717) is 27.8 Å². The summed E-state index contributed by atoms with van der Waals surface area (Å²) in [5, 5.41) is 13.8. The zero-order valence-corrected chi connectivity index (χ0v) is 16.1. The van der Waals surface area contributed by atoms with Crippen molar-refractivity contribution in [3.63, 3.8) is 0 Å². The van der Waals surface area contributed by atoms with Crippen molar-refractivity contribution in [2.45, 2.75) is 20.0 Å². The molecule has 29 heavy (non-hydrogen) atoms. The summed E-state index contributed by atoms with van der Waals surface area (Å²) in [4.78, 5) is 16.3. The van der Waals surface area contributed by atoms with Gasteiger partial charge in [-0.3, -0.25) is 10.2 Å². The Hall–Kier alpha value is -3.14. The Labute approximate surface area is 167 Å². The largest absolute Gasteiger partial charge is 0.416 e. The van der Waals surface area contributed by atoms with E-state index < -0.39 is 17.6 Å². The summed E-state index contributed by atoms with van der Waals surface area (Å²) < 4.78 is 40.9. The van der Waals surface area contributed by atoms with Crippen molar-refractivity contribution < 1.29 is 18.0 Å². The Morgan fingerprint density at radius 2 is 1.97 bits per heavy atom. The van der Waals surface area contributed by atoms with Gasteiger partial charge in [-0.1, -0.05) is 6.07 Å². The molecule has 0 unspecified atom stereocenters. The fourth-order valence-electron chi connectivity index (χ4n) is 3.24. The van der Waals surface area contributed by atoms with E-state index >= 15 is 0 Å². The number of amidine groups is 2. The van der Waals surface area contributed by atoms with Crippen LogP contribution < -0.4 is 0 Å². The first-order chi connectivity index (χ1) is 13.7. The van der Waals surface area contributed by atoms with Gasteiger partial charge in [0.2, 0.25) is 0 Å². The summed E-state index contributed by atoms with van der Waals surface area (Å²) in [7, 11) is 0. The van der Waals surface area contributed by atoms with Crippen LogP contribution in [-0.4, -0.2) is 32.0 Å². The van der Waals surface area contributed by atoms with Crippen molar-refractivity contribution in [2.24, 2.45) is 10.1 Å². The third-order valence-electron chi connectivity index (χ3n) is 4.60. The molecule has 1 amide bonds. The predicted octanol–water partition coefficient (Wildman–Crippen LogP) is 4.36. The third-order valence-corrected chi connectivity index (χ3v) is 5.27. The number of halogens is 3. The highest BCUT2D eigenvalue weighted by atomic mass is 32.2. The van der Waals surface area contributed by atoms with Gasteiger partial charge in [0.15, 0.2) is 11.0 Å². The third kappa shape index (κ3) is 3.29. The summed E-state index contributed by atoms with van der Waals surface area (Å²) in [6, 6.07) is 6.80. The van der Waals surface area contributed by atoms with Gasteiger partial charge in [-0.2, -0.15) is 28.3 Å². The molecule has 1 N–H and O–H groups in total. The number of alkyl halides is 3. The van der Waals surface area contributed by atoms with E-state index in [2.05, 4.69) is 10.1 Å². The first-order valence-corrected chi connectivity index (χ1v) is 9.34. The van der Waals surface area contributed by atoms with E-state index in [4.69, 9.17) is 5.41 Å². The minimum absolute atomic E-state index is 0.0673. The molecule has 148 valence electrons. The van der Waals surface area contributed by atoms with Crippen molar-refractivity contribution in [3.05, 3.63) is 58.4 Å². The molecule has 0 bridgehead atoms. The zero-order chi connectivity index (χ0) is 20.9. The molecule has 3 heterocycles. The Bertz CT molecular complexity index is 1140. The number of rotatable bonds is 2. The normalized spacial score (nSPS) is 17.9. The summed E-state index contributed by atoms with van der Waals surface area (Å²) in [6.07, 6.45) is -2.92. The second kappa shape index (κ2) is 6.73. The molecule has 4 rings (SSSR count). The lowest BCUT2D eigenvalue weighted by atomic mass is 10.1. The van der Waals surface area contributed by atoms with Crippen LogP contribution in [0.2, 0.25) is 0 Å². The second-order valence-electron chi connectivity index (χ2n) is 6.47. The number of hydrazone groups is 1. The van der Waals surface area contributed by atoms with Crippen LogP contribution in [0, 0.1) is 19.3 Å². The Balaban J connectivity index is 1.78. The number of thioether (sulfide) groups is 1. The zero-order valence-electron chi connectivity index (χ0n) is 15.3. The van der Waals surface area contributed by atoms with E-state index in [1.165, 1.54) is 22.7 Å². The molecule has 0 fully saturated rings. The molecule has 1 aromatic carbocycles. The summed E-state index contributed by atoms with van der Waals surface area (Å²) in [5.41, 5.74) is 3.14. The molecular weight excluding hydrogens is 403 g/mol. The minimum Gasteiger partial charge on any atom is -0.318 e. The van der Waals surface area contributed by atoms with Crippen LogP contribution in [0.3, 0.4) is 0 Å². The van der Waals surface area contributed by atoms with Gasteiger partial charge in [-0.15, -0.1) is 0 Å². The average molecular weight is 417 g/mol. The van der Waals surface area contributed by atoms with Gasteiger partial charge in [0.1, 0.15) is 0 Å². The molecule has 2 aliphatic rings. The Kier molecular flexibility index (Phi) is 4.45. The van der Waals surface area contributed by atoms with Crippen LogP contribution in [0.25, 0.3) is 11.8 Å². The number of nitrogens with one attached hydrogen (secondary N) is 1. The van der Waals surface area contributed by atoms with Gasteiger partial charge < -0.3 is 4.57 Å². The lowest BCUT2D eigenvalue weighted by molar-refractivity contribution is -0.137. The summed E-state index contributed by atoms with van der Waals surface area (Å²) in [6.45, 7) is 3.51. The number of hydrogen-bond acceptors (Lipinski definition) is 4. The molecule has 0 saturated heterocycles. The number of carbonyl (C=O) groups excluding carboxylic acids is 1. The van der Waals surface area contributed by atoms with Crippen LogP contribution in [-0.2, 0) is 11.0 Å². The van der Waals surface area contributed by atoms with Crippen LogP contribution in [0.5, 0.6) is 0 Å². The highest BCUT2D eigenvalue weighted by Crippen LogP contribution is 2.32. The first kappa shape index (κ1) is 19.2. The predicted molar refractivity (Wildman–Crippen MR) is 106 cm³/mol. The van der Waals surface area contributed by atoms with Crippen molar-refractivity contribution >= 4 is 40.3 Å². The van der Waals surface area contributed by atoms with Gasteiger partial charge in [0.25, 0.3) is 5.91 Å². The highest BCUT2D eigenvalue weighted by molar-refractivity contribution is 8.25. The fourth-order valence-corrected chi connectivity index (χ4v) is 3.85. The average Bonchev–Trinajstić information content (AvgIpc) is 3.22. The maximum atomic E-state index is 13.1. The molecule has 0 radical (unpaired) electrons. The first-order valence-electron chi connectivity index (χ1n) is 8.46. The van der Waals surface area contributed by atoms with Crippen molar-refractivity contribution in [1.29, 1.82) is 5.41 Å². The SMILES string of the molecule is Cc1cc(C=C2C(=N)N3N=CSC3=NC2=O)c(C)n1-c1cccc(C(F)(F)F)c1. The molecular formula is C19H14F3N5OS. The van der Waals surface area contributed by atoms with Gasteiger partial charge in [-0.25, -0.2) is 0 Å². The summed E-state index contributed by atoms with van der Waals surface area (Å²) >= 11 is 1.15. The van der Waals surface area contributed by atoms with E-state index in [1.807, 2.05) is 0 Å². The van der Waals surface area contributed by atoms with E-state index in [9.17, 15) is 18.0 Å². The molecule has 0 aliphatic carbocycles. The molecule has 2 aliphatic heterocycles. The van der Waals surface area contributed by atoms with E-state index in [-0.39, 0.29) is 11.4 Å². The smallest absolute Gasteiger partial charge is 0.318 e. The summed E-state index contributed by atoms with van der Waals surface area (Å²) in [5.74, 6) is -0.645. The lowest BCUT2D eigenvalue weighted by Crippen LogP contribution is -2.35. The molecule has 0 atom stereocenters. The Morgan fingerprint density at radius 3 is 2.69 bits per heavy atom. The molecule has 10 heteroatoms. The van der Waals surface area contributed by atoms with Crippen LogP contribution >= 0.6 is 11.8 Å². The molecule has 2 aromatic rings. The van der Waals surface area contributed by atoms with Crippen molar-refractivity contribution in [2.75, 3.05) is 0 Å². The van der Waals surface area contributed by atoms with Crippen molar-refractivity contribution in [1.82, 2.24) is 9.58 Å². The van der Waals surface area contributed by atoms with E-state index in [0.717, 1.165) is 23.9 Å². The maximum absolute atomic E-state index is 13.1. The lowest BCUT2D eigenvalue weighted by Gasteiger charge is -2.20. The van der Waals surface area contributed by atoms with Gasteiger partial charge >= 0.3 is 6.18 Å². The number of aromatic nitrogens is 1. The van der Waals surface area contributed by atoms with Gasteiger partial charge in [0.05, 0.1) is 16.7 Å². The van der Waals surface area contributed by atoms with Gasteiger partial charge in [0, 0.05) is 17.1 Å². The number of amides is 1. The number of carbonyl (C=O) groups is 1. The number of benzene rings is 1. The van der Waals surface area contributed by atoms with Crippen LogP contribution in [0.1, 0.15) is 22.5 Å². The highest BCUT2D eigenvalue weighted by Gasteiger charge is 2.33. The number of aryl methyl sites for hydroxylation is 1.